The third kappa shape index (κ3) is 3.15. The van der Waals surface area contributed by atoms with Crippen molar-refractivity contribution in [1.82, 2.24) is 9.55 Å². The molecule has 0 spiro atoms. The first kappa shape index (κ1) is 16.5. The molecule has 4 heteroatoms. The Morgan fingerprint density at radius 2 is 2.09 bits per heavy atom. The van der Waals surface area contributed by atoms with Gasteiger partial charge in [-0.15, -0.1) is 0 Å². The van der Waals surface area contributed by atoms with Crippen LogP contribution in [-0.4, -0.2) is 32.5 Å². The van der Waals surface area contributed by atoms with Crippen LogP contribution >= 0.6 is 0 Å². The van der Waals surface area contributed by atoms with Gasteiger partial charge in [0.25, 0.3) is 0 Å². The van der Waals surface area contributed by atoms with E-state index < -0.39 is 0 Å². The smallest absolute Gasteiger partial charge is 0.0956 e. The Labute approximate surface area is 138 Å². The highest BCUT2D eigenvalue weighted by molar-refractivity contribution is 5.71. The normalized spacial score (nSPS) is 29.3. The standard InChI is InChI=1S/C19H28N2O2/c1-3-4-16-13(2)18-10-20-12-21(18)17(16)9-19(23)15-7-5-14(11-22)6-8-15/h3-4,10,12,14-15,17,19,22-23H,5-9,11H2,1-2H3. The number of aliphatic hydroxyl groups is 2. The van der Waals surface area contributed by atoms with Gasteiger partial charge >= 0.3 is 0 Å². The molecule has 1 aromatic rings. The summed E-state index contributed by atoms with van der Waals surface area (Å²) < 4.78 is 2.20. The van der Waals surface area contributed by atoms with E-state index in [1.165, 1.54) is 16.8 Å². The lowest BCUT2D eigenvalue weighted by Crippen LogP contribution is -2.29. The molecule has 2 aliphatic rings. The fourth-order valence-corrected chi connectivity index (χ4v) is 4.22. The number of nitrogens with zero attached hydrogens (tertiary/aromatic N) is 2. The van der Waals surface area contributed by atoms with Crippen LogP contribution in [0, 0.1) is 11.8 Å². The van der Waals surface area contributed by atoms with Crippen LogP contribution in [-0.2, 0) is 0 Å². The molecule has 2 unspecified atom stereocenters. The van der Waals surface area contributed by atoms with E-state index in [-0.39, 0.29) is 18.8 Å². The average molecular weight is 316 g/mol. The minimum atomic E-state index is -0.291. The van der Waals surface area contributed by atoms with Crippen molar-refractivity contribution in [2.45, 2.75) is 58.1 Å². The van der Waals surface area contributed by atoms with E-state index in [4.69, 9.17) is 0 Å². The molecule has 3 rings (SSSR count). The molecule has 1 aliphatic carbocycles. The Hall–Kier alpha value is -1.39. The van der Waals surface area contributed by atoms with Crippen molar-refractivity contribution in [3.63, 3.8) is 0 Å². The van der Waals surface area contributed by atoms with Crippen molar-refractivity contribution in [3.8, 4) is 0 Å². The molecule has 1 saturated carbocycles. The Morgan fingerprint density at radius 1 is 1.35 bits per heavy atom. The monoisotopic (exact) mass is 316 g/mol. The maximum atomic E-state index is 10.8. The van der Waals surface area contributed by atoms with Crippen molar-refractivity contribution in [2.24, 2.45) is 11.8 Å². The Balaban J connectivity index is 1.72. The molecule has 0 radical (unpaired) electrons. The van der Waals surface area contributed by atoms with Gasteiger partial charge in [0.2, 0.25) is 0 Å². The summed E-state index contributed by atoms with van der Waals surface area (Å²) in [5.41, 5.74) is 3.73. The van der Waals surface area contributed by atoms with Crippen LogP contribution in [0.5, 0.6) is 0 Å². The molecule has 0 saturated heterocycles. The quantitative estimate of drug-likeness (QED) is 0.876. The van der Waals surface area contributed by atoms with Gasteiger partial charge in [0, 0.05) is 6.61 Å². The van der Waals surface area contributed by atoms with Crippen LogP contribution in [0.1, 0.15) is 57.7 Å². The fraction of sp³-hybridized carbons (Fsp3) is 0.632. The van der Waals surface area contributed by atoms with Crippen molar-refractivity contribution >= 4 is 5.57 Å². The summed E-state index contributed by atoms with van der Waals surface area (Å²) in [7, 11) is 0. The summed E-state index contributed by atoms with van der Waals surface area (Å²) in [6, 6.07) is 0.189. The molecule has 4 nitrogen and oxygen atoms in total. The summed E-state index contributed by atoms with van der Waals surface area (Å²) >= 11 is 0. The summed E-state index contributed by atoms with van der Waals surface area (Å²) in [6.07, 6.45) is 12.6. The highest BCUT2D eigenvalue weighted by Gasteiger charge is 2.33. The molecule has 0 bridgehead atoms. The van der Waals surface area contributed by atoms with E-state index in [2.05, 4.69) is 28.6 Å². The Bertz CT molecular complexity index is 594. The van der Waals surface area contributed by atoms with E-state index in [0.29, 0.717) is 11.8 Å². The third-order valence-corrected chi connectivity index (χ3v) is 5.68. The van der Waals surface area contributed by atoms with E-state index >= 15 is 0 Å². The number of rotatable bonds is 5. The van der Waals surface area contributed by atoms with Crippen LogP contribution in [0.15, 0.2) is 30.2 Å². The second kappa shape index (κ2) is 7.02. The number of hydrogen-bond acceptors (Lipinski definition) is 3. The molecule has 2 heterocycles. The zero-order valence-electron chi connectivity index (χ0n) is 14.2. The first-order valence-corrected chi connectivity index (χ1v) is 8.80. The number of hydrogen-bond donors (Lipinski definition) is 2. The molecule has 126 valence electrons. The number of allylic oxidation sites excluding steroid dienone is 4. The van der Waals surface area contributed by atoms with E-state index in [1.54, 1.807) is 0 Å². The van der Waals surface area contributed by atoms with Crippen LogP contribution in [0.25, 0.3) is 5.57 Å². The second-order valence-electron chi connectivity index (χ2n) is 7.05. The third-order valence-electron chi connectivity index (χ3n) is 5.68. The molecule has 2 N–H and O–H groups in total. The zero-order chi connectivity index (χ0) is 16.4. The second-order valence-corrected chi connectivity index (χ2v) is 7.05. The first-order chi connectivity index (χ1) is 11.2. The van der Waals surface area contributed by atoms with E-state index in [0.717, 1.165) is 32.1 Å². The topological polar surface area (TPSA) is 58.3 Å². The molecular formula is C19H28N2O2. The highest BCUT2D eigenvalue weighted by atomic mass is 16.3. The molecule has 1 aliphatic heterocycles. The zero-order valence-corrected chi connectivity index (χ0v) is 14.2. The van der Waals surface area contributed by atoms with Gasteiger partial charge in [-0.25, -0.2) is 4.98 Å². The minimum Gasteiger partial charge on any atom is -0.396 e. The van der Waals surface area contributed by atoms with Crippen molar-refractivity contribution in [1.29, 1.82) is 0 Å². The largest absolute Gasteiger partial charge is 0.396 e. The highest BCUT2D eigenvalue weighted by Crippen LogP contribution is 2.41. The van der Waals surface area contributed by atoms with Gasteiger partial charge < -0.3 is 14.8 Å². The predicted octanol–water partition coefficient (Wildman–Crippen LogP) is 3.34. The van der Waals surface area contributed by atoms with Gasteiger partial charge in [-0.05, 0) is 68.9 Å². The number of aliphatic hydroxyl groups excluding tert-OH is 2. The SMILES string of the molecule is CC=CC1=C(C)c2cncn2C1CC(O)C1CCC(CO)CC1. The molecular weight excluding hydrogens is 288 g/mol. The first-order valence-electron chi connectivity index (χ1n) is 8.80. The van der Waals surface area contributed by atoms with Gasteiger partial charge in [0.1, 0.15) is 0 Å². The van der Waals surface area contributed by atoms with Crippen LogP contribution in [0.2, 0.25) is 0 Å². The molecule has 2 atom stereocenters. The lowest BCUT2D eigenvalue weighted by atomic mass is 9.78. The lowest BCUT2D eigenvalue weighted by Gasteiger charge is -2.32. The van der Waals surface area contributed by atoms with Crippen LogP contribution < -0.4 is 0 Å². The van der Waals surface area contributed by atoms with Gasteiger partial charge in [-0.1, -0.05) is 12.2 Å². The van der Waals surface area contributed by atoms with Crippen molar-refractivity contribution < 1.29 is 10.2 Å². The average Bonchev–Trinajstić information content (AvgIpc) is 3.14. The number of aromatic nitrogens is 2. The molecule has 0 aromatic carbocycles. The summed E-state index contributed by atoms with van der Waals surface area (Å²) in [5.74, 6) is 0.795. The summed E-state index contributed by atoms with van der Waals surface area (Å²) in [4.78, 5) is 4.28. The summed E-state index contributed by atoms with van der Waals surface area (Å²) in [5, 5.41) is 20.1. The number of imidazole rings is 1. The number of fused-ring (bicyclic) bond motifs is 1. The molecule has 1 fully saturated rings. The molecule has 0 amide bonds. The Morgan fingerprint density at radius 3 is 2.74 bits per heavy atom. The summed E-state index contributed by atoms with van der Waals surface area (Å²) in [6.45, 7) is 4.47. The fourth-order valence-electron chi connectivity index (χ4n) is 4.22. The van der Waals surface area contributed by atoms with E-state index in [1.807, 2.05) is 19.4 Å². The van der Waals surface area contributed by atoms with Gasteiger partial charge in [0.05, 0.1) is 30.4 Å². The van der Waals surface area contributed by atoms with Crippen LogP contribution in [0.4, 0.5) is 0 Å². The Kier molecular flexibility index (Phi) is 5.02. The lowest BCUT2D eigenvalue weighted by molar-refractivity contribution is 0.0503. The maximum absolute atomic E-state index is 10.8. The van der Waals surface area contributed by atoms with Crippen molar-refractivity contribution in [2.75, 3.05) is 6.61 Å². The van der Waals surface area contributed by atoms with E-state index in [9.17, 15) is 10.2 Å². The van der Waals surface area contributed by atoms with Crippen molar-refractivity contribution in [3.05, 3.63) is 35.9 Å². The van der Waals surface area contributed by atoms with Gasteiger partial charge in [-0.3, -0.25) is 0 Å². The molecule has 23 heavy (non-hydrogen) atoms. The van der Waals surface area contributed by atoms with Gasteiger partial charge in [0.15, 0.2) is 0 Å². The molecule has 1 aromatic heterocycles. The maximum Gasteiger partial charge on any atom is 0.0956 e. The minimum absolute atomic E-state index is 0.189. The van der Waals surface area contributed by atoms with Crippen LogP contribution in [0.3, 0.4) is 0 Å². The van der Waals surface area contributed by atoms with Gasteiger partial charge in [-0.2, -0.15) is 0 Å². The predicted molar refractivity (Wildman–Crippen MR) is 91.8 cm³/mol.